The van der Waals surface area contributed by atoms with E-state index in [1.165, 1.54) is 18.4 Å². The predicted molar refractivity (Wildman–Crippen MR) is 69.7 cm³/mol. The van der Waals surface area contributed by atoms with Gasteiger partial charge in [-0.15, -0.1) is 0 Å². The molecule has 1 N–H and O–H groups in total. The van der Waals surface area contributed by atoms with Crippen molar-refractivity contribution in [2.75, 3.05) is 6.54 Å². The Kier molecular flexibility index (Phi) is 3.34. The van der Waals surface area contributed by atoms with Crippen LogP contribution in [0.1, 0.15) is 39.2 Å². The minimum atomic E-state index is 0.422. The summed E-state index contributed by atoms with van der Waals surface area (Å²) in [5.41, 5.74) is 1.94. The topological polar surface area (TPSA) is 12.0 Å². The highest BCUT2D eigenvalue weighted by Gasteiger charge is 2.51. The largest absolute Gasteiger partial charge is 0.313 e. The molecule has 1 nitrogen and oxygen atoms in total. The molecule has 1 aromatic rings. The van der Waals surface area contributed by atoms with Gasteiger partial charge in [0.05, 0.1) is 0 Å². The lowest BCUT2D eigenvalue weighted by molar-refractivity contribution is 0.332. The third kappa shape index (κ3) is 2.01. The summed E-state index contributed by atoms with van der Waals surface area (Å²) in [6, 6.07) is 11.6. The molecular formula is C15H23N. The smallest absolute Gasteiger partial charge is 0.0187 e. The second-order valence-electron chi connectivity index (χ2n) is 5.30. The van der Waals surface area contributed by atoms with Gasteiger partial charge < -0.3 is 5.32 Å². The molecule has 0 saturated heterocycles. The lowest BCUT2D eigenvalue weighted by atomic mass is 9.82. The predicted octanol–water partition coefficient (Wildman–Crippen LogP) is 3.35. The van der Waals surface area contributed by atoms with E-state index >= 15 is 0 Å². The van der Waals surface area contributed by atoms with Gasteiger partial charge in [0.2, 0.25) is 0 Å². The van der Waals surface area contributed by atoms with E-state index in [1.54, 1.807) is 0 Å². The van der Waals surface area contributed by atoms with Gasteiger partial charge in [0.15, 0.2) is 0 Å². The van der Waals surface area contributed by atoms with Gasteiger partial charge in [0, 0.05) is 11.5 Å². The summed E-state index contributed by atoms with van der Waals surface area (Å²) in [5.74, 6) is 0.697. The van der Waals surface area contributed by atoms with Gasteiger partial charge in [-0.1, -0.05) is 51.1 Å². The van der Waals surface area contributed by atoms with Gasteiger partial charge in [-0.2, -0.15) is 0 Å². The minimum absolute atomic E-state index is 0.422. The van der Waals surface area contributed by atoms with Gasteiger partial charge in [-0.05, 0) is 30.9 Å². The molecule has 0 aromatic heterocycles. The molecule has 0 amide bonds. The van der Waals surface area contributed by atoms with Crippen molar-refractivity contribution in [3.05, 3.63) is 35.9 Å². The van der Waals surface area contributed by atoms with Crippen LogP contribution >= 0.6 is 0 Å². The zero-order chi connectivity index (χ0) is 11.6. The van der Waals surface area contributed by atoms with Crippen molar-refractivity contribution >= 4 is 0 Å². The summed E-state index contributed by atoms with van der Waals surface area (Å²) < 4.78 is 0. The molecular weight excluding hydrogens is 194 g/mol. The standard InChI is InChI=1S/C15H23N/c1-4-16-14(12(2)3)15(10-11-15)13-8-6-5-7-9-13/h5-9,12,14,16H,4,10-11H2,1-3H3. The number of hydrogen-bond donors (Lipinski definition) is 1. The maximum atomic E-state index is 3.68. The number of nitrogens with one attached hydrogen (secondary N) is 1. The van der Waals surface area contributed by atoms with Crippen LogP contribution in [-0.4, -0.2) is 12.6 Å². The quantitative estimate of drug-likeness (QED) is 0.797. The second-order valence-corrected chi connectivity index (χ2v) is 5.30. The molecule has 1 unspecified atom stereocenters. The SMILES string of the molecule is CCNC(C(C)C)C1(c2ccccc2)CC1. The summed E-state index contributed by atoms with van der Waals surface area (Å²) in [5, 5.41) is 3.68. The third-order valence-electron chi connectivity index (χ3n) is 3.82. The van der Waals surface area contributed by atoms with E-state index in [9.17, 15) is 0 Å². The fraction of sp³-hybridized carbons (Fsp3) is 0.600. The Balaban J connectivity index is 2.24. The van der Waals surface area contributed by atoms with Crippen LogP contribution in [-0.2, 0) is 5.41 Å². The van der Waals surface area contributed by atoms with E-state index in [1.807, 2.05) is 0 Å². The molecule has 16 heavy (non-hydrogen) atoms. The van der Waals surface area contributed by atoms with Crippen LogP contribution in [0.2, 0.25) is 0 Å². The van der Waals surface area contributed by atoms with Gasteiger partial charge in [0.25, 0.3) is 0 Å². The van der Waals surface area contributed by atoms with Gasteiger partial charge in [-0.3, -0.25) is 0 Å². The highest BCUT2D eigenvalue weighted by atomic mass is 14.9. The first kappa shape index (κ1) is 11.7. The van der Waals surface area contributed by atoms with Crippen LogP contribution in [0.3, 0.4) is 0 Å². The molecule has 0 spiro atoms. The van der Waals surface area contributed by atoms with Crippen LogP contribution in [0.5, 0.6) is 0 Å². The van der Waals surface area contributed by atoms with Crippen LogP contribution in [0.15, 0.2) is 30.3 Å². The monoisotopic (exact) mass is 217 g/mol. The molecule has 0 heterocycles. The number of likely N-dealkylation sites (N-methyl/N-ethyl adjacent to an activating group) is 1. The fourth-order valence-electron chi connectivity index (χ4n) is 2.97. The van der Waals surface area contributed by atoms with Crippen LogP contribution < -0.4 is 5.32 Å². The Morgan fingerprint density at radius 3 is 2.25 bits per heavy atom. The Morgan fingerprint density at radius 2 is 1.81 bits per heavy atom. The second kappa shape index (κ2) is 4.58. The number of benzene rings is 1. The third-order valence-corrected chi connectivity index (χ3v) is 3.82. The molecule has 0 aliphatic heterocycles. The van der Waals surface area contributed by atoms with Crippen LogP contribution in [0, 0.1) is 5.92 Å². The molecule has 1 saturated carbocycles. The molecule has 1 atom stereocenters. The van der Waals surface area contributed by atoms with E-state index in [-0.39, 0.29) is 0 Å². The molecule has 0 bridgehead atoms. The highest BCUT2D eigenvalue weighted by molar-refractivity contribution is 5.34. The summed E-state index contributed by atoms with van der Waals surface area (Å²) in [6.07, 6.45) is 2.68. The highest BCUT2D eigenvalue weighted by Crippen LogP contribution is 2.52. The average Bonchev–Trinajstić information content (AvgIpc) is 3.08. The maximum Gasteiger partial charge on any atom is 0.0187 e. The summed E-state index contributed by atoms with van der Waals surface area (Å²) in [7, 11) is 0. The molecule has 1 aliphatic carbocycles. The minimum Gasteiger partial charge on any atom is -0.313 e. The van der Waals surface area contributed by atoms with Crippen LogP contribution in [0.25, 0.3) is 0 Å². The summed E-state index contributed by atoms with van der Waals surface area (Å²) >= 11 is 0. The zero-order valence-electron chi connectivity index (χ0n) is 10.7. The Labute approximate surface area is 99.3 Å². The Morgan fingerprint density at radius 1 is 1.19 bits per heavy atom. The normalized spacial score (nSPS) is 19.8. The Hall–Kier alpha value is -0.820. The Bertz CT molecular complexity index is 325. The van der Waals surface area contributed by atoms with Gasteiger partial charge in [0.1, 0.15) is 0 Å². The lowest BCUT2D eigenvalue weighted by Crippen LogP contribution is -2.43. The molecule has 1 aliphatic rings. The van der Waals surface area contributed by atoms with Gasteiger partial charge >= 0.3 is 0 Å². The summed E-state index contributed by atoms with van der Waals surface area (Å²) in [6.45, 7) is 7.93. The average molecular weight is 217 g/mol. The molecule has 1 aromatic carbocycles. The fourth-order valence-corrected chi connectivity index (χ4v) is 2.97. The van der Waals surface area contributed by atoms with E-state index < -0.39 is 0 Å². The van der Waals surface area contributed by atoms with Crippen molar-refractivity contribution in [3.8, 4) is 0 Å². The van der Waals surface area contributed by atoms with Crippen molar-refractivity contribution in [3.63, 3.8) is 0 Å². The molecule has 0 radical (unpaired) electrons. The molecule has 1 heteroatoms. The van der Waals surface area contributed by atoms with E-state index in [0.29, 0.717) is 17.4 Å². The van der Waals surface area contributed by atoms with E-state index in [4.69, 9.17) is 0 Å². The van der Waals surface area contributed by atoms with E-state index in [0.717, 1.165) is 6.54 Å². The van der Waals surface area contributed by atoms with Crippen molar-refractivity contribution in [2.24, 2.45) is 5.92 Å². The van der Waals surface area contributed by atoms with Crippen molar-refractivity contribution in [1.82, 2.24) is 5.32 Å². The zero-order valence-corrected chi connectivity index (χ0v) is 10.7. The van der Waals surface area contributed by atoms with Crippen molar-refractivity contribution in [1.29, 1.82) is 0 Å². The van der Waals surface area contributed by atoms with Crippen molar-refractivity contribution in [2.45, 2.75) is 45.1 Å². The summed E-state index contributed by atoms with van der Waals surface area (Å²) in [4.78, 5) is 0. The number of hydrogen-bond acceptors (Lipinski definition) is 1. The first-order valence-corrected chi connectivity index (χ1v) is 6.49. The molecule has 88 valence electrons. The van der Waals surface area contributed by atoms with E-state index in [2.05, 4.69) is 56.4 Å². The van der Waals surface area contributed by atoms with Gasteiger partial charge in [-0.25, -0.2) is 0 Å². The molecule has 1 fully saturated rings. The first-order chi connectivity index (χ1) is 7.70. The van der Waals surface area contributed by atoms with Crippen LogP contribution in [0.4, 0.5) is 0 Å². The van der Waals surface area contributed by atoms with Crippen molar-refractivity contribution < 1.29 is 0 Å². The number of rotatable bonds is 5. The first-order valence-electron chi connectivity index (χ1n) is 6.49. The molecule has 2 rings (SSSR count). The lowest BCUT2D eigenvalue weighted by Gasteiger charge is -2.31. The maximum absolute atomic E-state index is 3.68.